The fourth-order valence-corrected chi connectivity index (χ4v) is 4.11. The molecule has 0 spiro atoms. The van der Waals surface area contributed by atoms with Crippen molar-refractivity contribution in [2.24, 2.45) is 0 Å². The molecule has 162 valence electrons. The molecule has 0 amide bonds. The van der Waals surface area contributed by atoms with E-state index >= 15 is 0 Å². The molecule has 2 unspecified atom stereocenters. The summed E-state index contributed by atoms with van der Waals surface area (Å²) < 4.78 is 29.6. The number of nitrogens with one attached hydrogen (secondary N) is 1. The van der Waals surface area contributed by atoms with Crippen molar-refractivity contribution < 1.29 is 17.9 Å². The first-order valence-corrected chi connectivity index (χ1v) is 11.2. The second-order valence-corrected chi connectivity index (χ2v) is 9.07. The lowest BCUT2D eigenvalue weighted by Crippen LogP contribution is -3.08. The maximum absolute atomic E-state index is 10.5. The number of hydrogen-bond acceptors (Lipinski definition) is 5. The largest absolute Gasteiger partial charge is 0.294 e. The highest BCUT2D eigenvalue weighted by Crippen LogP contribution is 2.31. The second kappa shape index (κ2) is 8.58. The van der Waals surface area contributed by atoms with E-state index in [1.807, 2.05) is 45.0 Å². The van der Waals surface area contributed by atoms with E-state index in [9.17, 15) is 8.42 Å². The number of aryl methyl sites for hydroxylation is 1. The summed E-state index contributed by atoms with van der Waals surface area (Å²) in [5.41, 5.74) is 4.79. The fraction of sp³-hybridized carbons (Fsp3) is 0.217. The lowest BCUT2D eigenvalue weighted by Gasteiger charge is -2.23. The third kappa shape index (κ3) is 4.66. The first kappa shape index (κ1) is 22.6. The van der Waals surface area contributed by atoms with Crippen LogP contribution in [0.1, 0.15) is 26.3 Å². The minimum absolute atomic E-state index is 0.0666. The van der Waals surface area contributed by atoms with E-state index in [2.05, 4.69) is 25.0 Å². The van der Waals surface area contributed by atoms with E-state index in [1.54, 1.807) is 12.1 Å². The molecule has 8 heteroatoms. The number of benzene rings is 2. The minimum Gasteiger partial charge on any atom is -0.282 e. The van der Waals surface area contributed by atoms with E-state index in [-0.39, 0.29) is 11.1 Å². The zero-order valence-corrected chi connectivity index (χ0v) is 18.9. The lowest BCUT2D eigenvalue weighted by atomic mass is 10.2. The molecule has 1 aliphatic rings. The van der Waals surface area contributed by atoms with Crippen LogP contribution in [0.2, 0.25) is 0 Å². The predicted octanol–water partition coefficient (Wildman–Crippen LogP) is 3.62. The summed E-state index contributed by atoms with van der Waals surface area (Å²) in [6.07, 6.45) is 0.178. The SMILES string of the molecule is C=C(C)N1c2nc3ccccc3nc2[NH+](C(=C)C)C1C.Cc1ccc(S(=O)(=O)O)cc1. The van der Waals surface area contributed by atoms with Gasteiger partial charge >= 0.3 is 0 Å². The van der Waals surface area contributed by atoms with Crippen LogP contribution < -0.4 is 9.80 Å². The maximum atomic E-state index is 10.5. The van der Waals surface area contributed by atoms with Crippen LogP contribution in [-0.2, 0) is 10.1 Å². The van der Waals surface area contributed by atoms with Gasteiger partial charge in [-0.15, -0.1) is 0 Å². The van der Waals surface area contributed by atoms with Gasteiger partial charge in [0.2, 0.25) is 5.82 Å². The molecule has 0 radical (unpaired) electrons. The second-order valence-electron chi connectivity index (χ2n) is 7.65. The van der Waals surface area contributed by atoms with Crippen LogP contribution in [-0.4, -0.2) is 29.1 Å². The molecule has 2 aromatic carbocycles. The molecule has 3 aromatic rings. The molecule has 1 aromatic heterocycles. The molecule has 1 aliphatic heterocycles. The number of hydrogen-bond donors (Lipinski definition) is 2. The van der Waals surface area contributed by atoms with Crippen LogP contribution in [0, 0.1) is 6.92 Å². The van der Waals surface area contributed by atoms with Crippen LogP contribution in [0.25, 0.3) is 11.0 Å². The number of nitrogens with zero attached hydrogens (tertiary/aromatic N) is 3. The maximum Gasteiger partial charge on any atom is 0.294 e. The zero-order valence-electron chi connectivity index (χ0n) is 18.1. The van der Waals surface area contributed by atoms with Crippen molar-refractivity contribution in [1.82, 2.24) is 9.97 Å². The van der Waals surface area contributed by atoms with Gasteiger partial charge in [-0.25, -0.2) is 9.88 Å². The van der Waals surface area contributed by atoms with Crippen molar-refractivity contribution in [2.75, 3.05) is 4.90 Å². The van der Waals surface area contributed by atoms with Gasteiger partial charge in [0.1, 0.15) is 5.70 Å². The van der Waals surface area contributed by atoms with Gasteiger partial charge < -0.3 is 0 Å². The number of anilines is 1. The summed E-state index contributed by atoms with van der Waals surface area (Å²) in [6, 6.07) is 13.9. The third-order valence-electron chi connectivity index (χ3n) is 5.03. The molecule has 0 saturated heterocycles. The topological polar surface area (TPSA) is 87.8 Å². The van der Waals surface area contributed by atoms with Gasteiger partial charge in [0.15, 0.2) is 6.17 Å². The Morgan fingerprint density at radius 3 is 2.06 bits per heavy atom. The molecule has 0 bridgehead atoms. The summed E-state index contributed by atoms with van der Waals surface area (Å²) in [5.74, 6) is 1.83. The molecule has 0 aliphatic carbocycles. The highest BCUT2D eigenvalue weighted by atomic mass is 32.2. The van der Waals surface area contributed by atoms with E-state index in [0.29, 0.717) is 0 Å². The Hall–Kier alpha value is -3.07. The van der Waals surface area contributed by atoms with Crippen LogP contribution in [0.15, 0.2) is 78.0 Å². The van der Waals surface area contributed by atoms with Crippen LogP contribution in [0.3, 0.4) is 0 Å². The van der Waals surface area contributed by atoms with Crippen molar-refractivity contribution in [3.05, 3.63) is 78.6 Å². The molecule has 7 nitrogen and oxygen atoms in total. The lowest BCUT2D eigenvalue weighted by molar-refractivity contribution is -0.811. The number of allylic oxidation sites excluding steroid dienone is 2. The Labute approximate surface area is 183 Å². The highest BCUT2D eigenvalue weighted by molar-refractivity contribution is 7.85. The molecule has 2 atom stereocenters. The molecule has 2 heterocycles. The number of quaternary nitrogens is 1. The molecule has 0 saturated carbocycles. The molecular weight excluding hydrogens is 412 g/mol. The van der Waals surface area contributed by atoms with Crippen LogP contribution in [0.5, 0.6) is 0 Å². The third-order valence-corrected chi connectivity index (χ3v) is 5.90. The average Bonchev–Trinajstić information content (AvgIpc) is 2.97. The Morgan fingerprint density at radius 1 is 1.03 bits per heavy atom. The molecule has 2 N–H and O–H groups in total. The highest BCUT2D eigenvalue weighted by Gasteiger charge is 2.42. The predicted molar refractivity (Wildman–Crippen MR) is 123 cm³/mol. The van der Waals surface area contributed by atoms with Gasteiger partial charge in [0.05, 0.1) is 15.9 Å². The summed E-state index contributed by atoms with van der Waals surface area (Å²) >= 11 is 0. The normalized spacial score (nSPS) is 17.6. The van der Waals surface area contributed by atoms with Crippen molar-refractivity contribution in [3.8, 4) is 0 Å². The summed E-state index contributed by atoms with van der Waals surface area (Å²) in [7, 11) is -4.02. The van der Waals surface area contributed by atoms with E-state index in [1.165, 1.54) is 12.1 Å². The van der Waals surface area contributed by atoms with Gasteiger partial charge in [0.25, 0.3) is 15.9 Å². The van der Waals surface area contributed by atoms with E-state index in [4.69, 9.17) is 14.5 Å². The van der Waals surface area contributed by atoms with Gasteiger partial charge in [-0.05, 0) is 44.7 Å². The van der Waals surface area contributed by atoms with Gasteiger partial charge in [0, 0.05) is 19.5 Å². The molecule has 4 rings (SSSR count). The first-order chi connectivity index (χ1) is 14.5. The molecular formula is C23H27N4O3S+. The van der Waals surface area contributed by atoms with Gasteiger partial charge in [-0.3, -0.25) is 9.45 Å². The summed E-state index contributed by atoms with van der Waals surface area (Å²) in [4.78, 5) is 12.8. The number of para-hydroxylation sites is 2. The minimum atomic E-state index is -4.02. The van der Waals surface area contributed by atoms with Crippen molar-refractivity contribution in [2.45, 2.75) is 38.8 Å². The van der Waals surface area contributed by atoms with Crippen LogP contribution in [0.4, 0.5) is 11.6 Å². The smallest absolute Gasteiger partial charge is 0.282 e. The average molecular weight is 440 g/mol. The fourth-order valence-electron chi connectivity index (χ4n) is 3.63. The zero-order chi connectivity index (χ0) is 22.9. The van der Waals surface area contributed by atoms with Crippen LogP contribution >= 0.6 is 0 Å². The van der Waals surface area contributed by atoms with Gasteiger partial charge in [-0.1, -0.05) is 36.4 Å². The number of aromatic nitrogens is 2. The molecule has 0 fully saturated rings. The van der Waals surface area contributed by atoms with Crippen molar-refractivity contribution >= 4 is 32.8 Å². The summed E-state index contributed by atoms with van der Waals surface area (Å²) in [5, 5.41) is 0. The Bertz CT molecular complexity index is 1190. The Kier molecular flexibility index (Phi) is 6.26. The van der Waals surface area contributed by atoms with E-state index < -0.39 is 10.1 Å². The number of fused-ring (bicyclic) bond motifs is 2. The first-order valence-electron chi connectivity index (χ1n) is 9.79. The number of rotatable bonds is 3. The summed E-state index contributed by atoms with van der Waals surface area (Å²) in [6.45, 7) is 16.2. The standard InChI is InChI=1S/C16H18N4.C7H8O3S/c1-10(2)19-12(5)20(11(3)4)16-15(19)17-13-8-6-7-9-14(13)18-16;1-6-2-4-7(5-3-6)11(8,9)10/h6-9,12H,1,3H2,2,4-5H3;2-5H,1H3,(H,8,9,10)/p+1. The van der Waals surface area contributed by atoms with Crippen molar-refractivity contribution in [3.63, 3.8) is 0 Å². The Balaban J connectivity index is 0.000000210. The van der Waals surface area contributed by atoms with Crippen molar-refractivity contribution in [1.29, 1.82) is 0 Å². The molecule has 31 heavy (non-hydrogen) atoms. The monoisotopic (exact) mass is 439 g/mol. The van der Waals surface area contributed by atoms with Gasteiger partial charge in [-0.2, -0.15) is 13.4 Å². The Morgan fingerprint density at radius 2 is 1.58 bits per heavy atom. The van der Waals surface area contributed by atoms with E-state index in [0.717, 1.165) is 44.5 Å². The quantitative estimate of drug-likeness (QED) is 0.606.